The van der Waals surface area contributed by atoms with Crippen molar-refractivity contribution in [1.82, 2.24) is 4.57 Å². The van der Waals surface area contributed by atoms with Crippen molar-refractivity contribution >= 4 is 0 Å². The first-order chi connectivity index (χ1) is 9.10. The van der Waals surface area contributed by atoms with Gasteiger partial charge in [0, 0.05) is 30.5 Å². The third kappa shape index (κ3) is 3.21. The number of hydrogen-bond acceptors (Lipinski definition) is 2. The lowest BCUT2D eigenvalue weighted by atomic mass is 10.1. The van der Waals surface area contributed by atoms with E-state index in [2.05, 4.69) is 0 Å². The summed E-state index contributed by atoms with van der Waals surface area (Å²) in [5, 5.41) is 8.80. The van der Waals surface area contributed by atoms with E-state index in [0.717, 1.165) is 12.0 Å². The first-order valence-electron chi connectivity index (χ1n) is 6.18. The van der Waals surface area contributed by atoms with Gasteiger partial charge in [0.05, 0.1) is 5.56 Å². The zero-order valence-corrected chi connectivity index (χ0v) is 10.8. The molecule has 1 aromatic carbocycles. The molecule has 2 aromatic rings. The van der Waals surface area contributed by atoms with Gasteiger partial charge >= 0.3 is 0 Å². The molecule has 1 aromatic heterocycles. The number of nitrogens with two attached hydrogens (primary N) is 1. The van der Waals surface area contributed by atoms with Gasteiger partial charge in [-0.05, 0) is 31.0 Å². The van der Waals surface area contributed by atoms with Crippen LogP contribution in [0, 0.1) is 17.1 Å². The number of halogens is 1. The lowest BCUT2D eigenvalue weighted by Crippen LogP contribution is -2.17. The molecule has 3 nitrogen and oxygen atoms in total. The molecule has 1 unspecified atom stereocenters. The number of aromatic nitrogens is 1. The van der Waals surface area contributed by atoms with Crippen LogP contribution in [0.25, 0.3) is 0 Å². The third-order valence-electron chi connectivity index (χ3n) is 2.92. The molecule has 0 aliphatic rings. The van der Waals surface area contributed by atoms with Crippen molar-refractivity contribution in [3.63, 3.8) is 0 Å². The lowest BCUT2D eigenvalue weighted by molar-refractivity contribution is 0.596. The first-order valence-corrected chi connectivity index (χ1v) is 6.18. The third-order valence-corrected chi connectivity index (χ3v) is 2.92. The van der Waals surface area contributed by atoms with Gasteiger partial charge in [0.25, 0.3) is 0 Å². The van der Waals surface area contributed by atoms with Crippen molar-refractivity contribution in [3.05, 3.63) is 59.2 Å². The van der Waals surface area contributed by atoms with Gasteiger partial charge < -0.3 is 10.3 Å². The molecule has 98 valence electrons. The molecule has 0 saturated heterocycles. The van der Waals surface area contributed by atoms with Crippen molar-refractivity contribution in [3.8, 4) is 6.07 Å². The van der Waals surface area contributed by atoms with Crippen LogP contribution in [0.3, 0.4) is 0 Å². The van der Waals surface area contributed by atoms with Crippen LogP contribution >= 0.6 is 0 Å². The maximum atomic E-state index is 13.9. The number of rotatable bonds is 4. The molecule has 19 heavy (non-hydrogen) atoms. The van der Waals surface area contributed by atoms with Crippen molar-refractivity contribution in [2.75, 3.05) is 0 Å². The standard InChI is InChI=1S/C15H16FN3/c1-11(18)7-12-5-6-19(9-12)10-14-4-2-3-13(8-17)15(14)16/h2-6,9,11H,7,10,18H2,1H3. The highest BCUT2D eigenvalue weighted by Gasteiger charge is 2.08. The zero-order valence-electron chi connectivity index (χ0n) is 10.8. The quantitative estimate of drug-likeness (QED) is 0.914. The summed E-state index contributed by atoms with van der Waals surface area (Å²) in [5.41, 5.74) is 7.47. The largest absolute Gasteiger partial charge is 0.350 e. The smallest absolute Gasteiger partial charge is 0.145 e. The van der Waals surface area contributed by atoms with E-state index in [-0.39, 0.29) is 11.6 Å². The van der Waals surface area contributed by atoms with Crippen molar-refractivity contribution < 1.29 is 4.39 Å². The number of nitriles is 1. The second-order valence-electron chi connectivity index (χ2n) is 4.76. The van der Waals surface area contributed by atoms with Crippen molar-refractivity contribution in [1.29, 1.82) is 5.26 Å². The van der Waals surface area contributed by atoms with Gasteiger partial charge in [-0.25, -0.2) is 4.39 Å². The van der Waals surface area contributed by atoms with E-state index in [1.54, 1.807) is 12.1 Å². The van der Waals surface area contributed by atoms with Crippen LogP contribution < -0.4 is 5.73 Å². The summed E-state index contributed by atoms with van der Waals surface area (Å²) in [5.74, 6) is -0.438. The summed E-state index contributed by atoms with van der Waals surface area (Å²) in [7, 11) is 0. The summed E-state index contributed by atoms with van der Waals surface area (Å²) in [6.07, 6.45) is 4.66. The number of benzene rings is 1. The highest BCUT2D eigenvalue weighted by molar-refractivity contribution is 5.35. The molecule has 1 heterocycles. The van der Waals surface area contributed by atoms with E-state index in [4.69, 9.17) is 11.0 Å². The Morgan fingerprint density at radius 1 is 1.42 bits per heavy atom. The van der Waals surface area contributed by atoms with Gasteiger partial charge in [0.15, 0.2) is 0 Å². The van der Waals surface area contributed by atoms with E-state index >= 15 is 0 Å². The second-order valence-corrected chi connectivity index (χ2v) is 4.76. The van der Waals surface area contributed by atoms with Gasteiger partial charge in [0.2, 0.25) is 0 Å². The van der Waals surface area contributed by atoms with Gasteiger partial charge in [-0.1, -0.05) is 12.1 Å². The maximum Gasteiger partial charge on any atom is 0.145 e. The van der Waals surface area contributed by atoms with Crippen LogP contribution in [0.4, 0.5) is 4.39 Å². The van der Waals surface area contributed by atoms with Gasteiger partial charge in [0.1, 0.15) is 11.9 Å². The summed E-state index contributed by atoms with van der Waals surface area (Å²) < 4.78 is 15.8. The van der Waals surface area contributed by atoms with Crippen LogP contribution in [-0.4, -0.2) is 10.6 Å². The Labute approximate surface area is 112 Å². The monoisotopic (exact) mass is 257 g/mol. The summed E-state index contributed by atoms with van der Waals surface area (Å²) >= 11 is 0. The van der Waals surface area contributed by atoms with E-state index in [0.29, 0.717) is 12.1 Å². The molecular formula is C15H16FN3. The van der Waals surface area contributed by atoms with Gasteiger partial charge in [-0.3, -0.25) is 0 Å². The van der Waals surface area contributed by atoms with Crippen LogP contribution in [-0.2, 0) is 13.0 Å². The molecule has 4 heteroatoms. The SMILES string of the molecule is CC(N)Cc1ccn(Cc2cccc(C#N)c2F)c1. The minimum atomic E-state index is -0.438. The number of hydrogen-bond donors (Lipinski definition) is 1. The fourth-order valence-corrected chi connectivity index (χ4v) is 2.07. The minimum absolute atomic E-state index is 0.0838. The molecule has 0 saturated carbocycles. The molecule has 0 bridgehead atoms. The highest BCUT2D eigenvalue weighted by Crippen LogP contribution is 2.14. The predicted molar refractivity (Wildman–Crippen MR) is 72.0 cm³/mol. The molecule has 0 radical (unpaired) electrons. The average molecular weight is 257 g/mol. The molecule has 2 rings (SSSR count). The van der Waals surface area contributed by atoms with Crippen LogP contribution in [0.15, 0.2) is 36.7 Å². The lowest BCUT2D eigenvalue weighted by Gasteiger charge is -2.06. The fraction of sp³-hybridized carbons (Fsp3) is 0.267. The molecule has 0 spiro atoms. The zero-order chi connectivity index (χ0) is 13.8. The van der Waals surface area contributed by atoms with Gasteiger partial charge in [-0.15, -0.1) is 0 Å². The van der Waals surface area contributed by atoms with Crippen LogP contribution in [0.1, 0.15) is 23.6 Å². The van der Waals surface area contributed by atoms with Gasteiger partial charge in [-0.2, -0.15) is 5.26 Å². The Morgan fingerprint density at radius 3 is 2.89 bits per heavy atom. The van der Waals surface area contributed by atoms with E-state index in [9.17, 15) is 4.39 Å². The number of nitrogens with zero attached hydrogens (tertiary/aromatic N) is 2. The summed E-state index contributed by atoms with van der Waals surface area (Å²) in [4.78, 5) is 0. The minimum Gasteiger partial charge on any atom is -0.350 e. The maximum absolute atomic E-state index is 13.9. The molecular weight excluding hydrogens is 241 g/mol. The van der Waals surface area contributed by atoms with Crippen LogP contribution in [0.5, 0.6) is 0 Å². The van der Waals surface area contributed by atoms with E-state index < -0.39 is 5.82 Å². The van der Waals surface area contributed by atoms with E-state index in [1.165, 1.54) is 6.07 Å². The normalized spacial score (nSPS) is 12.1. The Bertz CT molecular complexity index is 608. The average Bonchev–Trinajstić information content (AvgIpc) is 2.78. The molecule has 0 aliphatic heterocycles. The molecule has 0 aliphatic carbocycles. The van der Waals surface area contributed by atoms with Crippen molar-refractivity contribution in [2.24, 2.45) is 5.73 Å². The fourth-order valence-electron chi connectivity index (χ4n) is 2.07. The Hall–Kier alpha value is -2.12. The topological polar surface area (TPSA) is 54.7 Å². The summed E-state index contributed by atoms with van der Waals surface area (Å²) in [6, 6.07) is 8.82. The molecule has 0 fully saturated rings. The van der Waals surface area contributed by atoms with E-state index in [1.807, 2.05) is 36.0 Å². The molecule has 1 atom stereocenters. The Kier molecular flexibility index (Phi) is 3.98. The molecule has 2 N–H and O–H groups in total. The van der Waals surface area contributed by atoms with Crippen LogP contribution in [0.2, 0.25) is 0 Å². The summed E-state index contributed by atoms with van der Waals surface area (Å²) in [6.45, 7) is 2.37. The molecule has 0 amide bonds. The first kappa shape index (κ1) is 13.3. The van der Waals surface area contributed by atoms with Crippen molar-refractivity contribution in [2.45, 2.75) is 25.9 Å². The Morgan fingerprint density at radius 2 is 2.21 bits per heavy atom. The second kappa shape index (κ2) is 5.68. The predicted octanol–water partition coefficient (Wildman–Crippen LogP) is 2.44. The highest BCUT2D eigenvalue weighted by atomic mass is 19.1. The Balaban J connectivity index is 2.18.